The second-order valence-corrected chi connectivity index (χ2v) is 5.40. The minimum atomic E-state index is -0.284. The first-order chi connectivity index (χ1) is 8.06. The molecule has 0 atom stereocenters. The summed E-state index contributed by atoms with van der Waals surface area (Å²) >= 11 is 17.7. The highest BCUT2D eigenvalue weighted by Gasteiger charge is 2.28. The minimum absolute atomic E-state index is 0.230. The number of benzene rings is 1. The van der Waals surface area contributed by atoms with Gasteiger partial charge in [0.15, 0.2) is 0 Å². The van der Waals surface area contributed by atoms with Crippen LogP contribution in [0.15, 0.2) is 18.2 Å². The Labute approximate surface area is 117 Å². The van der Waals surface area contributed by atoms with Crippen molar-refractivity contribution in [2.24, 2.45) is 5.41 Å². The van der Waals surface area contributed by atoms with Crippen molar-refractivity contribution in [2.45, 2.75) is 26.2 Å². The number of rotatable bonds is 6. The number of hydrogen-bond acceptors (Lipinski definition) is 0. The Morgan fingerprint density at radius 3 is 2.35 bits per heavy atom. The van der Waals surface area contributed by atoms with Crippen LogP contribution in [-0.2, 0) is 6.42 Å². The van der Waals surface area contributed by atoms with Crippen LogP contribution in [0.3, 0.4) is 0 Å². The zero-order valence-electron chi connectivity index (χ0n) is 9.78. The monoisotopic (exact) mass is 296 g/mol. The Balaban J connectivity index is 2.92. The molecule has 0 saturated heterocycles. The average Bonchev–Trinajstić information content (AvgIpc) is 2.32. The molecule has 0 amide bonds. The van der Waals surface area contributed by atoms with E-state index in [1.165, 1.54) is 6.07 Å². The second kappa shape index (κ2) is 6.82. The van der Waals surface area contributed by atoms with Gasteiger partial charge in [-0.3, -0.25) is 0 Å². The van der Waals surface area contributed by atoms with Crippen LogP contribution in [0.1, 0.15) is 25.3 Å². The lowest BCUT2D eigenvalue weighted by Gasteiger charge is -2.29. The molecule has 0 aliphatic rings. The standard InChI is InChI=1S/C13H16Cl3F/c1-2-5-13(8-14,9-15)7-10-3-4-11(16)6-12(10)17/h3-4,6H,2,5,7-9H2,1H3. The average molecular weight is 298 g/mol. The van der Waals surface area contributed by atoms with E-state index in [0.29, 0.717) is 28.8 Å². The first kappa shape index (κ1) is 15.1. The molecule has 0 radical (unpaired) electrons. The van der Waals surface area contributed by atoms with Crippen molar-refractivity contribution in [3.05, 3.63) is 34.6 Å². The van der Waals surface area contributed by atoms with Gasteiger partial charge in [-0.2, -0.15) is 0 Å². The third-order valence-electron chi connectivity index (χ3n) is 2.93. The van der Waals surface area contributed by atoms with Crippen LogP contribution >= 0.6 is 34.8 Å². The van der Waals surface area contributed by atoms with Gasteiger partial charge in [-0.1, -0.05) is 31.0 Å². The molecule has 0 aliphatic heterocycles. The normalized spacial score (nSPS) is 11.8. The molecule has 0 bridgehead atoms. The van der Waals surface area contributed by atoms with Gasteiger partial charge < -0.3 is 0 Å². The van der Waals surface area contributed by atoms with Crippen LogP contribution in [0.2, 0.25) is 5.02 Å². The fourth-order valence-corrected chi connectivity index (χ4v) is 2.85. The fraction of sp³-hybridized carbons (Fsp3) is 0.538. The van der Waals surface area contributed by atoms with Gasteiger partial charge >= 0.3 is 0 Å². The molecule has 0 fully saturated rings. The first-order valence-corrected chi connectivity index (χ1v) is 7.07. The molecule has 17 heavy (non-hydrogen) atoms. The van der Waals surface area contributed by atoms with Crippen LogP contribution in [0.4, 0.5) is 4.39 Å². The maximum Gasteiger partial charge on any atom is 0.127 e. The molecule has 1 aromatic rings. The lowest BCUT2D eigenvalue weighted by Crippen LogP contribution is -2.28. The highest BCUT2D eigenvalue weighted by molar-refractivity contribution is 6.30. The van der Waals surface area contributed by atoms with Crippen molar-refractivity contribution < 1.29 is 4.39 Å². The number of hydrogen-bond donors (Lipinski definition) is 0. The van der Waals surface area contributed by atoms with Crippen LogP contribution in [0, 0.1) is 11.2 Å². The van der Waals surface area contributed by atoms with Gasteiger partial charge in [0.25, 0.3) is 0 Å². The number of halogens is 4. The lowest BCUT2D eigenvalue weighted by atomic mass is 9.81. The number of alkyl halides is 2. The van der Waals surface area contributed by atoms with E-state index in [4.69, 9.17) is 34.8 Å². The van der Waals surface area contributed by atoms with E-state index in [0.717, 1.165) is 12.8 Å². The molecule has 0 N–H and O–H groups in total. The predicted octanol–water partition coefficient (Wildman–Crippen LogP) is 5.29. The third kappa shape index (κ3) is 4.01. The fourth-order valence-electron chi connectivity index (χ4n) is 1.95. The summed E-state index contributed by atoms with van der Waals surface area (Å²) in [5, 5.41) is 0.407. The van der Waals surface area contributed by atoms with Crippen LogP contribution in [-0.4, -0.2) is 11.8 Å². The molecular formula is C13H16Cl3F. The van der Waals surface area contributed by atoms with Crippen molar-refractivity contribution >= 4 is 34.8 Å². The zero-order valence-corrected chi connectivity index (χ0v) is 12.0. The summed E-state index contributed by atoms with van der Waals surface area (Å²) in [7, 11) is 0. The van der Waals surface area contributed by atoms with Crippen molar-refractivity contribution in [2.75, 3.05) is 11.8 Å². The maximum absolute atomic E-state index is 13.7. The van der Waals surface area contributed by atoms with E-state index < -0.39 is 0 Å². The Morgan fingerprint density at radius 1 is 1.24 bits per heavy atom. The smallest absolute Gasteiger partial charge is 0.127 e. The molecular weight excluding hydrogens is 281 g/mol. The quantitative estimate of drug-likeness (QED) is 0.626. The molecule has 4 heteroatoms. The summed E-state index contributed by atoms with van der Waals surface area (Å²) in [4.78, 5) is 0. The van der Waals surface area contributed by atoms with Gasteiger partial charge in [-0.15, -0.1) is 23.2 Å². The van der Waals surface area contributed by atoms with E-state index in [1.807, 2.05) is 0 Å². The molecule has 0 heterocycles. The Hall–Kier alpha value is 0.0200. The zero-order chi connectivity index (χ0) is 12.9. The van der Waals surface area contributed by atoms with E-state index in [2.05, 4.69) is 6.92 Å². The predicted molar refractivity (Wildman–Crippen MR) is 73.9 cm³/mol. The molecule has 0 nitrogen and oxygen atoms in total. The Kier molecular flexibility index (Phi) is 6.05. The molecule has 0 aliphatic carbocycles. The van der Waals surface area contributed by atoms with Gasteiger partial charge in [0.05, 0.1) is 0 Å². The summed E-state index contributed by atoms with van der Waals surface area (Å²) in [6, 6.07) is 4.73. The van der Waals surface area contributed by atoms with Crippen molar-refractivity contribution in [3.8, 4) is 0 Å². The first-order valence-electron chi connectivity index (χ1n) is 5.63. The molecule has 0 spiro atoms. The molecule has 96 valence electrons. The Morgan fingerprint density at radius 2 is 1.88 bits per heavy atom. The summed E-state index contributed by atoms with van der Waals surface area (Å²) in [5.74, 6) is 0.590. The highest BCUT2D eigenvalue weighted by Crippen LogP contribution is 2.33. The lowest BCUT2D eigenvalue weighted by molar-refractivity contribution is 0.336. The second-order valence-electron chi connectivity index (χ2n) is 4.43. The molecule has 1 rings (SSSR count). The van der Waals surface area contributed by atoms with Crippen molar-refractivity contribution in [1.82, 2.24) is 0 Å². The van der Waals surface area contributed by atoms with Crippen molar-refractivity contribution in [3.63, 3.8) is 0 Å². The highest BCUT2D eigenvalue weighted by atomic mass is 35.5. The van der Waals surface area contributed by atoms with Gasteiger partial charge in [-0.25, -0.2) is 4.39 Å². The van der Waals surface area contributed by atoms with E-state index in [-0.39, 0.29) is 11.2 Å². The topological polar surface area (TPSA) is 0 Å². The SMILES string of the molecule is CCCC(CCl)(CCl)Cc1ccc(Cl)cc1F. The summed E-state index contributed by atoms with van der Waals surface area (Å²) < 4.78 is 13.7. The van der Waals surface area contributed by atoms with Crippen LogP contribution in [0.25, 0.3) is 0 Å². The van der Waals surface area contributed by atoms with Gasteiger partial charge in [0.2, 0.25) is 0 Å². The van der Waals surface area contributed by atoms with Crippen molar-refractivity contribution in [1.29, 1.82) is 0 Å². The Bertz CT molecular complexity index is 362. The molecule has 0 aromatic heterocycles. The molecule has 0 saturated carbocycles. The minimum Gasteiger partial charge on any atom is -0.207 e. The van der Waals surface area contributed by atoms with Gasteiger partial charge in [-0.05, 0) is 30.5 Å². The van der Waals surface area contributed by atoms with Gasteiger partial charge in [0.1, 0.15) is 5.82 Å². The van der Waals surface area contributed by atoms with Gasteiger partial charge in [0, 0.05) is 22.2 Å². The summed E-state index contributed by atoms with van der Waals surface area (Å²) in [5.41, 5.74) is 0.399. The van der Waals surface area contributed by atoms with Crippen LogP contribution < -0.4 is 0 Å². The summed E-state index contributed by atoms with van der Waals surface area (Å²) in [6.07, 6.45) is 2.42. The largest absolute Gasteiger partial charge is 0.207 e. The molecule has 1 aromatic carbocycles. The molecule has 0 unspecified atom stereocenters. The van der Waals surface area contributed by atoms with Crippen LogP contribution in [0.5, 0.6) is 0 Å². The van der Waals surface area contributed by atoms with E-state index in [9.17, 15) is 4.39 Å². The van der Waals surface area contributed by atoms with E-state index >= 15 is 0 Å². The summed E-state index contributed by atoms with van der Waals surface area (Å²) in [6.45, 7) is 2.08. The van der Waals surface area contributed by atoms with E-state index in [1.54, 1.807) is 12.1 Å². The third-order valence-corrected chi connectivity index (χ3v) is 4.30. The maximum atomic E-state index is 13.7.